The van der Waals surface area contributed by atoms with Crippen molar-refractivity contribution in [2.75, 3.05) is 78.7 Å². The molecule has 0 spiro atoms. The molecule has 0 N–H and O–H groups in total. The summed E-state index contributed by atoms with van der Waals surface area (Å²) in [4.78, 5) is 26.5. The van der Waals surface area contributed by atoms with E-state index in [0.29, 0.717) is 12.8 Å². The molecule has 31 heavy (non-hydrogen) atoms. The molecule has 0 aliphatic carbocycles. The SMILES string of the molecule is N#CC1(C(=O)N2CCN(CCN3CCOCC3)CC2)CCN(Cc2ccncc2)CC1. The number of likely N-dealkylation sites (tertiary alicyclic amines) is 1. The predicted molar refractivity (Wildman–Crippen MR) is 117 cm³/mol. The molecule has 4 heterocycles. The second kappa shape index (κ2) is 10.5. The summed E-state index contributed by atoms with van der Waals surface area (Å²) >= 11 is 0. The van der Waals surface area contributed by atoms with E-state index in [2.05, 4.69) is 25.8 Å². The summed E-state index contributed by atoms with van der Waals surface area (Å²) in [5.74, 6) is 0.0476. The van der Waals surface area contributed by atoms with Crippen LogP contribution < -0.4 is 0 Å². The van der Waals surface area contributed by atoms with Gasteiger partial charge < -0.3 is 9.64 Å². The van der Waals surface area contributed by atoms with Crippen molar-refractivity contribution in [3.63, 3.8) is 0 Å². The van der Waals surface area contributed by atoms with E-state index < -0.39 is 5.41 Å². The molecule has 0 atom stereocenters. The van der Waals surface area contributed by atoms with Gasteiger partial charge in [-0.1, -0.05) is 0 Å². The van der Waals surface area contributed by atoms with Crippen LogP contribution in [-0.2, 0) is 16.1 Å². The molecule has 168 valence electrons. The Morgan fingerprint density at radius 2 is 1.55 bits per heavy atom. The van der Waals surface area contributed by atoms with Crippen LogP contribution in [0.3, 0.4) is 0 Å². The first-order valence-corrected chi connectivity index (χ1v) is 11.5. The van der Waals surface area contributed by atoms with Gasteiger partial charge in [0.1, 0.15) is 5.41 Å². The fourth-order valence-electron chi connectivity index (χ4n) is 4.80. The van der Waals surface area contributed by atoms with Gasteiger partial charge in [-0.15, -0.1) is 0 Å². The molecule has 3 aliphatic rings. The molecule has 0 aromatic carbocycles. The molecule has 3 fully saturated rings. The first-order chi connectivity index (χ1) is 15.2. The van der Waals surface area contributed by atoms with Crippen molar-refractivity contribution in [1.82, 2.24) is 24.6 Å². The van der Waals surface area contributed by atoms with E-state index in [4.69, 9.17) is 4.74 Å². The van der Waals surface area contributed by atoms with Crippen molar-refractivity contribution in [3.05, 3.63) is 30.1 Å². The van der Waals surface area contributed by atoms with Crippen LogP contribution in [0.1, 0.15) is 18.4 Å². The van der Waals surface area contributed by atoms with Crippen LogP contribution in [0.2, 0.25) is 0 Å². The fourth-order valence-corrected chi connectivity index (χ4v) is 4.80. The van der Waals surface area contributed by atoms with Gasteiger partial charge in [-0.05, 0) is 30.5 Å². The van der Waals surface area contributed by atoms with E-state index in [1.165, 1.54) is 5.56 Å². The summed E-state index contributed by atoms with van der Waals surface area (Å²) in [5, 5.41) is 9.95. The summed E-state index contributed by atoms with van der Waals surface area (Å²) in [6.07, 6.45) is 4.85. The van der Waals surface area contributed by atoms with E-state index in [9.17, 15) is 10.1 Å². The number of carbonyl (C=O) groups is 1. The normalized spacial score (nSPS) is 23.4. The fraction of sp³-hybridized carbons (Fsp3) is 0.696. The minimum Gasteiger partial charge on any atom is -0.379 e. The third-order valence-corrected chi connectivity index (χ3v) is 6.98. The third-order valence-electron chi connectivity index (χ3n) is 6.98. The Kier molecular flexibility index (Phi) is 7.51. The summed E-state index contributed by atoms with van der Waals surface area (Å²) < 4.78 is 5.41. The number of pyridine rings is 1. The average Bonchev–Trinajstić information content (AvgIpc) is 2.84. The summed E-state index contributed by atoms with van der Waals surface area (Å²) in [6.45, 7) is 11.4. The molecule has 1 aromatic heterocycles. The van der Waals surface area contributed by atoms with Crippen molar-refractivity contribution in [3.8, 4) is 6.07 Å². The van der Waals surface area contributed by atoms with Crippen LogP contribution in [0.25, 0.3) is 0 Å². The number of morpholine rings is 1. The number of amides is 1. The minimum atomic E-state index is -0.856. The smallest absolute Gasteiger partial charge is 0.243 e. The van der Waals surface area contributed by atoms with Gasteiger partial charge in [0.05, 0.1) is 19.3 Å². The Hall–Kier alpha value is -2.05. The van der Waals surface area contributed by atoms with Crippen LogP contribution >= 0.6 is 0 Å². The Morgan fingerprint density at radius 3 is 2.16 bits per heavy atom. The highest BCUT2D eigenvalue weighted by Crippen LogP contribution is 2.34. The molecule has 0 unspecified atom stereocenters. The third kappa shape index (κ3) is 5.60. The van der Waals surface area contributed by atoms with Gasteiger partial charge in [-0.25, -0.2) is 0 Å². The summed E-state index contributed by atoms with van der Waals surface area (Å²) in [5.41, 5.74) is 0.365. The monoisotopic (exact) mass is 426 g/mol. The zero-order valence-corrected chi connectivity index (χ0v) is 18.4. The molecular weight excluding hydrogens is 392 g/mol. The second-order valence-corrected chi connectivity index (χ2v) is 8.91. The standard InChI is InChI=1S/C23H34N6O2/c24-20-23(3-7-28(8-4-23)19-21-1-5-25-6-2-21)22(30)29-13-11-26(12-14-29)9-10-27-15-17-31-18-16-27/h1-2,5-6H,3-4,7-19H2. The van der Waals surface area contributed by atoms with E-state index in [1.807, 2.05) is 29.4 Å². The number of rotatable bonds is 6. The molecule has 0 bridgehead atoms. The largest absolute Gasteiger partial charge is 0.379 e. The van der Waals surface area contributed by atoms with Gasteiger partial charge in [0, 0.05) is 84.4 Å². The van der Waals surface area contributed by atoms with Gasteiger partial charge in [-0.2, -0.15) is 5.26 Å². The highest BCUT2D eigenvalue weighted by atomic mass is 16.5. The number of piperidine rings is 1. The van der Waals surface area contributed by atoms with E-state index in [-0.39, 0.29) is 5.91 Å². The topological polar surface area (TPSA) is 75.9 Å². The number of ether oxygens (including phenoxy) is 1. The van der Waals surface area contributed by atoms with Crippen molar-refractivity contribution < 1.29 is 9.53 Å². The zero-order chi connectivity index (χ0) is 21.5. The Labute approximate surface area is 185 Å². The van der Waals surface area contributed by atoms with Crippen LogP contribution in [0, 0.1) is 16.7 Å². The van der Waals surface area contributed by atoms with Crippen molar-refractivity contribution in [1.29, 1.82) is 5.26 Å². The lowest BCUT2D eigenvalue weighted by atomic mass is 9.78. The van der Waals surface area contributed by atoms with Gasteiger partial charge >= 0.3 is 0 Å². The predicted octanol–water partition coefficient (Wildman–Crippen LogP) is 0.664. The maximum absolute atomic E-state index is 13.3. The number of hydrogen-bond donors (Lipinski definition) is 0. The molecule has 3 aliphatic heterocycles. The van der Waals surface area contributed by atoms with Crippen molar-refractivity contribution in [2.45, 2.75) is 19.4 Å². The summed E-state index contributed by atoms with van der Waals surface area (Å²) in [7, 11) is 0. The number of piperazine rings is 1. The molecular formula is C23H34N6O2. The number of aromatic nitrogens is 1. The molecule has 4 rings (SSSR count). The summed E-state index contributed by atoms with van der Waals surface area (Å²) in [6, 6.07) is 6.47. The van der Waals surface area contributed by atoms with E-state index in [0.717, 1.165) is 85.2 Å². The minimum absolute atomic E-state index is 0.0476. The molecule has 0 saturated carbocycles. The number of hydrogen-bond acceptors (Lipinski definition) is 7. The van der Waals surface area contributed by atoms with Gasteiger partial charge in [0.2, 0.25) is 5.91 Å². The lowest BCUT2D eigenvalue weighted by Gasteiger charge is -2.42. The Bertz CT molecular complexity index is 745. The van der Waals surface area contributed by atoms with Crippen molar-refractivity contribution in [2.24, 2.45) is 5.41 Å². The highest BCUT2D eigenvalue weighted by Gasteiger charge is 2.44. The van der Waals surface area contributed by atoms with Crippen LogP contribution in [0.5, 0.6) is 0 Å². The molecule has 1 aromatic rings. The maximum atomic E-state index is 13.3. The van der Waals surface area contributed by atoms with E-state index in [1.54, 1.807) is 0 Å². The molecule has 1 amide bonds. The van der Waals surface area contributed by atoms with Crippen LogP contribution in [-0.4, -0.2) is 109 Å². The van der Waals surface area contributed by atoms with Gasteiger partial charge in [-0.3, -0.25) is 24.5 Å². The number of nitrogens with zero attached hydrogens (tertiary/aromatic N) is 6. The number of nitriles is 1. The maximum Gasteiger partial charge on any atom is 0.243 e. The average molecular weight is 427 g/mol. The van der Waals surface area contributed by atoms with Gasteiger partial charge in [0.15, 0.2) is 0 Å². The van der Waals surface area contributed by atoms with Crippen molar-refractivity contribution >= 4 is 5.91 Å². The second-order valence-electron chi connectivity index (χ2n) is 8.91. The molecule has 0 radical (unpaired) electrons. The highest BCUT2D eigenvalue weighted by molar-refractivity contribution is 5.85. The molecule has 8 heteroatoms. The van der Waals surface area contributed by atoms with E-state index >= 15 is 0 Å². The quantitative estimate of drug-likeness (QED) is 0.662. The Balaban J connectivity index is 1.23. The van der Waals surface area contributed by atoms with Gasteiger partial charge in [0.25, 0.3) is 0 Å². The first kappa shape index (κ1) is 22.2. The molecule has 8 nitrogen and oxygen atoms in total. The lowest BCUT2D eigenvalue weighted by Crippen LogP contribution is -2.56. The van der Waals surface area contributed by atoms with Crippen LogP contribution in [0.15, 0.2) is 24.5 Å². The lowest BCUT2D eigenvalue weighted by molar-refractivity contribution is -0.143. The number of carbonyl (C=O) groups excluding carboxylic acids is 1. The first-order valence-electron chi connectivity index (χ1n) is 11.5. The zero-order valence-electron chi connectivity index (χ0n) is 18.4. The molecule has 3 saturated heterocycles. The Morgan fingerprint density at radius 1 is 0.935 bits per heavy atom. The van der Waals surface area contributed by atoms with Crippen LogP contribution in [0.4, 0.5) is 0 Å².